The van der Waals surface area contributed by atoms with Gasteiger partial charge in [-0.05, 0) is 35.9 Å². The maximum Gasteiger partial charge on any atom is 0.323 e. The van der Waals surface area contributed by atoms with Crippen LogP contribution in [0.1, 0.15) is 15.9 Å². The first-order valence-electron chi connectivity index (χ1n) is 9.51. The summed E-state index contributed by atoms with van der Waals surface area (Å²) in [5.41, 5.74) is 2.85. The molecule has 3 aromatic carbocycles. The summed E-state index contributed by atoms with van der Waals surface area (Å²) < 4.78 is 0. The minimum atomic E-state index is -0.777. The number of hydrogen-bond donors (Lipinski definition) is 4. The van der Waals surface area contributed by atoms with Crippen molar-refractivity contribution in [2.45, 2.75) is 12.5 Å². The lowest BCUT2D eigenvalue weighted by atomic mass is 10.0. The normalized spacial score (nSPS) is 11.7. The summed E-state index contributed by atoms with van der Waals surface area (Å²) in [5, 5.41) is 5.66. The van der Waals surface area contributed by atoms with Gasteiger partial charge in [0.05, 0.1) is 11.0 Å². The Labute approximate surface area is 172 Å². The number of rotatable bonds is 6. The highest BCUT2D eigenvalue weighted by Crippen LogP contribution is 2.15. The van der Waals surface area contributed by atoms with Gasteiger partial charge in [0.25, 0.3) is 5.91 Å². The van der Waals surface area contributed by atoms with Crippen molar-refractivity contribution in [3.8, 4) is 0 Å². The zero-order chi connectivity index (χ0) is 20.9. The molecule has 0 radical (unpaired) electrons. The van der Waals surface area contributed by atoms with E-state index in [1.54, 1.807) is 42.5 Å². The quantitative estimate of drug-likeness (QED) is 0.400. The Balaban J connectivity index is 1.55. The molecule has 1 atom stereocenters. The van der Waals surface area contributed by atoms with E-state index in [4.69, 9.17) is 0 Å². The molecule has 4 N–H and O–H groups in total. The highest BCUT2D eigenvalue weighted by atomic mass is 16.2. The maximum atomic E-state index is 13.0. The van der Waals surface area contributed by atoms with Gasteiger partial charge < -0.3 is 20.6 Å². The van der Waals surface area contributed by atoms with Gasteiger partial charge in [0, 0.05) is 17.7 Å². The van der Waals surface area contributed by atoms with Crippen LogP contribution >= 0.6 is 0 Å². The molecule has 150 valence electrons. The lowest BCUT2D eigenvalue weighted by molar-refractivity contribution is -0.118. The van der Waals surface area contributed by atoms with Crippen molar-refractivity contribution in [3.05, 3.63) is 100 Å². The molecule has 0 saturated heterocycles. The van der Waals surface area contributed by atoms with Gasteiger partial charge in [-0.1, -0.05) is 48.5 Å². The third-order valence-electron chi connectivity index (χ3n) is 4.72. The molecule has 1 heterocycles. The highest BCUT2D eigenvalue weighted by Gasteiger charge is 2.22. The number of carbonyl (C=O) groups excluding carboxylic acids is 2. The smallest absolute Gasteiger partial charge is 0.323 e. The largest absolute Gasteiger partial charge is 0.340 e. The van der Waals surface area contributed by atoms with Crippen molar-refractivity contribution < 1.29 is 9.59 Å². The molecule has 2 amide bonds. The topological polar surface area (TPSA) is 107 Å². The summed E-state index contributed by atoms with van der Waals surface area (Å²) in [4.78, 5) is 42.4. The number of benzene rings is 3. The van der Waals surface area contributed by atoms with Gasteiger partial charge in [0.15, 0.2) is 0 Å². The van der Waals surface area contributed by atoms with Crippen LogP contribution in [-0.4, -0.2) is 27.8 Å². The number of H-pyrrole nitrogens is 2. The molecule has 7 heteroatoms. The summed E-state index contributed by atoms with van der Waals surface area (Å²) >= 11 is 0. The molecule has 1 unspecified atom stereocenters. The van der Waals surface area contributed by atoms with E-state index in [1.807, 2.05) is 36.4 Å². The van der Waals surface area contributed by atoms with Crippen molar-refractivity contribution >= 4 is 28.5 Å². The SMILES string of the molecule is O=C(NC(Cc1ccccc1)C(=O)Nc1ccc2[nH]c(=O)[nH]c2c1)c1ccccc1. The van der Waals surface area contributed by atoms with Crippen LogP contribution in [0.25, 0.3) is 11.0 Å². The average Bonchev–Trinajstić information content (AvgIpc) is 3.14. The molecule has 30 heavy (non-hydrogen) atoms. The monoisotopic (exact) mass is 400 g/mol. The van der Waals surface area contributed by atoms with Gasteiger partial charge in [-0.3, -0.25) is 9.59 Å². The Hall–Kier alpha value is -4.13. The first kappa shape index (κ1) is 19.2. The second kappa shape index (κ2) is 8.48. The fraction of sp³-hybridized carbons (Fsp3) is 0.0870. The Morgan fingerprint density at radius 1 is 0.833 bits per heavy atom. The van der Waals surface area contributed by atoms with Crippen LogP contribution in [0.15, 0.2) is 83.7 Å². The summed E-state index contributed by atoms with van der Waals surface area (Å²) in [5.74, 6) is -0.669. The molecular weight excluding hydrogens is 380 g/mol. The van der Waals surface area contributed by atoms with Gasteiger partial charge in [-0.25, -0.2) is 4.79 Å². The molecular formula is C23H20N4O3. The van der Waals surface area contributed by atoms with E-state index < -0.39 is 6.04 Å². The highest BCUT2D eigenvalue weighted by molar-refractivity contribution is 6.01. The van der Waals surface area contributed by atoms with Crippen molar-refractivity contribution in [2.24, 2.45) is 0 Å². The first-order valence-corrected chi connectivity index (χ1v) is 9.51. The average molecular weight is 400 g/mol. The van der Waals surface area contributed by atoms with Gasteiger partial charge in [0.2, 0.25) is 5.91 Å². The van der Waals surface area contributed by atoms with Crippen molar-refractivity contribution in [3.63, 3.8) is 0 Å². The van der Waals surface area contributed by atoms with Gasteiger partial charge >= 0.3 is 5.69 Å². The van der Waals surface area contributed by atoms with E-state index in [-0.39, 0.29) is 17.5 Å². The Bertz CT molecular complexity index is 1230. The summed E-state index contributed by atoms with van der Waals surface area (Å²) in [6.07, 6.45) is 0.342. The number of imidazole rings is 1. The van der Waals surface area contributed by atoms with E-state index >= 15 is 0 Å². The van der Waals surface area contributed by atoms with E-state index in [0.29, 0.717) is 28.7 Å². The van der Waals surface area contributed by atoms with Crippen LogP contribution in [0.5, 0.6) is 0 Å². The number of anilines is 1. The number of nitrogens with one attached hydrogen (secondary N) is 4. The Kier molecular flexibility index (Phi) is 5.43. The summed E-state index contributed by atoms with van der Waals surface area (Å²) in [6, 6.07) is 22.6. The fourth-order valence-electron chi connectivity index (χ4n) is 3.23. The standard InChI is InChI=1S/C23H20N4O3/c28-21(16-9-5-2-6-10-16)25-20(13-15-7-3-1-4-8-15)22(29)24-17-11-12-18-19(14-17)27-23(30)26-18/h1-12,14,20H,13H2,(H,24,29)(H,25,28)(H2,26,27,30). The minimum absolute atomic E-state index is 0.314. The first-order chi connectivity index (χ1) is 14.6. The van der Waals surface area contributed by atoms with Crippen LogP contribution in [0, 0.1) is 0 Å². The van der Waals surface area contributed by atoms with Crippen LogP contribution in [-0.2, 0) is 11.2 Å². The van der Waals surface area contributed by atoms with Crippen molar-refractivity contribution in [1.82, 2.24) is 15.3 Å². The second-order valence-corrected chi connectivity index (χ2v) is 6.91. The molecule has 0 fully saturated rings. The lowest BCUT2D eigenvalue weighted by Gasteiger charge is -2.19. The van der Waals surface area contributed by atoms with Gasteiger partial charge in [-0.15, -0.1) is 0 Å². The third-order valence-corrected chi connectivity index (χ3v) is 4.72. The fourth-order valence-corrected chi connectivity index (χ4v) is 3.23. The van der Waals surface area contributed by atoms with Gasteiger partial charge in [0.1, 0.15) is 6.04 Å². The molecule has 0 aliphatic carbocycles. The summed E-state index contributed by atoms with van der Waals surface area (Å²) in [6.45, 7) is 0. The second-order valence-electron chi connectivity index (χ2n) is 6.91. The zero-order valence-corrected chi connectivity index (χ0v) is 16.0. The number of amides is 2. The van der Waals surface area contributed by atoms with E-state index in [0.717, 1.165) is 5.56 Å². The molecule has 0 aliphatic rings. The Morgan fingerprint density at radius 2 is 1.50 bits per heavy atom. The predicted octanol–water partition coefficient (Wildman–Crippen LogP) is 2.84. The lowest BCUT2D eigenvalue weighted by Crippen LogP contribution is -2.45. The molecule has 0 aliphatic heterocycles. The number of fused-ring (bicyclic) bond motifs is 1. The summed E-state index contributed by atoms with van der Waals surface area (Å²) in [7, 11) is 0. The van der Waals surface area contributed by atoms with Crippen LogP contribution in [0.2, 0.25) is 0 Å². The van der Waals surface area contributed by atoms with Crippen molar-refractivity contribution in [2.75, 3.05) is 5.32 Å². The predicted molar refractivity (Wildman–Crippen MR) is 115 cm³/mol. The van der Waals surface area contributed by atoms with E-state index in [2.05, 4.69) is 20.6 Å². The number of carbonyl (C=O) groups is 2. The van der Waals surface area contributed by atoms with Crippen LogP contribution < -0.4 is 16.3 Å². The van der Waals surface area contributed by atoms with E-state index in [9.17, 15) is 14.4 Å². The maximum absolute atomic E-state index is 13.0. The van der Waals surface area contributed by atoms with E-state index in [1.165, 1.54) is 0 Å². The molecule has 0 bridgehead atoms. The number of aromatic amines is 2. The number of hydrogen-bond acceptors (Lipinski definition) is 3. The molecule has 0 spiro atoms. The van der Waals surface area contributed by atoms with Crippen LogP contribution in [0.4, 0.5) is 5.69 Å². The number of aromatic nitrogens is 2. The Morgan fingerprint density at radius 3 is 2.23 bits per heavy atom. The molecule has 7 nitrogen and oxygen atoms in total. The minimum Gasteiger partial charge on any atom is -0.340 e. The third kappa shape index (κ3) is 4.47. The van der Waals surface area contributed by atoms with Crippen molar-refractivity contribution in [1.29, 1.82) is 0 Å². The van der Waals surface area contributed by atoms with Gasteiger partial charge in [-0.2, -0.15) is 0 Å². The van der Waals surface area contributed by atoms with Crippen LogP contribution in [0.3, 0.4) is 0 Å². The molecule has 4 aromatic rings. The zero-order valence-electron chi connectivity index (χ0n) is 16.0. The molecule has 1 aromatic heterocycles. The molecule has 0 saturated carbocycles. The molecule has 4 rings (SSSR count).